The molecule has 0 saturated heterocycles. The topological polar surface area (TPSA) is 9.23 Å². The van der Waals surface area contributed by atoms with Crippen LogP contribution in [0, 0.1) is 0 Å². The van der Waals surface area contributed by atoms with E-state index >= 15 is 0 Å². The molecule has 1 unspecified atom stereocenters. The molecule has 0 spiro atoms. The fourth-order valence-corrected chi connectivity index (χ4v) is 2.21. The molecule has 0 fully saturated rings. The maximum atomic E-state index is 5.92. The van der Waals surface area contributed by atoms with Crippen molar-refractivity contribution in [1.82, 2.24) is 0 Å². The van der Waals surface area contributed by atoms with Crippen LogP contribution >= 0.6 is 12.6 Å². The minimum absolute atomic E-state index is 0.574. The summed E-state index contributed by atoms with van der Waals surface area (Å²) in [7, 11) is 0. The van der Waals surface area contributed by atoms with Crippen molar-refractivity contribution in [1.29, 1.82) is 0 Å². The van der Waals surface area contributed by atoms with Gasteiger partial charge < -0.3 is 4.74 Å². The van der Waals surface area contributed by atoms with Gasteiger partial charge in [-0.1, -0.05) is 44.9 Å². The van der Waals surface area contributed by atoms with Crippen LogP contribution in [-0.2, 0) is 0 Å². The number of hydrogen-bond acceptors (Lipinski definition) is 2. The Morgan fingerprint density at radius 1 is 1.11 bits per heavy atom. The van der Waals surface area contributed by atoms with Crippen molar-refractivity contribution < 1.29 is 4.74 Å². The van der Waals surface area contributed by atoms with Crippen LogP contribution in [0.5, 0.6) is 5.75 Å². The van der Waals surface area contributed by atoms with Crippen LogP contribution in [0.1, 0.15) is 57.4 Å². The third-order valence-corrected chi connectivity index (χ3v) is 3.69. The number of rotatable bonds is 9. The van der Waals surface area contributed by atoms with Crippen LogP contribution in [-0.4, -0.2) is 12.4 Å². The van der Waals surface area contributed by atoms with E-state index in [2.05, 4.69) is 50.7 Å². The summed E-state index contributed by atoms with van der Waals surface area (Å²) in [4.78, 5) is 0. The van der Waals surface area contributed by atoms with E-state index in [9.17, 15) is 0 Å². The molecule has 1 aromatic carbocycles. The Labute approximate surface area is 117 Å². The molecule has 0 radical (unpaired) electrons. The summed E-state index contributed by atoms with van der Waals surface area (Å²) < 4.78 is 5.92. The van der Waals surface area contributed by atoms with E-state index in [1.54, 1.807) is 0 Å². The first-order valence-corrected chi connectivity index (χ1v) is 7.75. The first-order valence-electron chi connectivity index (χ1n) is 7.12. The summed E-state index contributed by atoms with van der Waals surface area (Å²) in [5, 5.41) is 0. The third kappa shape index (κ3) is 5.34. The van der Waals surface area contributed by atoms with Gasteiger partial charge >= 0.3 is 0 Å². The highest BCUT2D eigenvalue weighted by Crippen LogP contribution is 2.28. The average molecular weight is 266 g/mol. The van der Waals surface area contributed by atoms with Crippen LogP contribution in [0.25, 0.3) is 0 Å². The first-order chi connectivity index (χ1) is 8.79. The zero-order valence-corrected chi connectivity index (χ0v) is 12.6. The molecular formula is C16H26OS. The number of para-hydroxylation sites is 1. The number of benzene rings is 1. The molecule has 0 saturated carbocycles. The minimum Gasteiger partial charge on any atom is -0.493 e. The van der Waals surface area contributed by atoms with Gasteiger partial charge in [0.1, 0.15) is 5.75 Å². The molecule has 18 heavy (non-hydrogen) atoms. The molecule has 0 bridgehead atoms. The Hall–Kier alpha value is -0.630. The molecule has 0 N–H and O–H groups in total. The van der Waals surface area contributed by atoms with Crippen LogP contribution in [0.15, 0.2) is 24.3 Å². The molecule has 1 nitrogen and oxygen atoms in total. The highest BCUT2D eigenvalue weighted by Gasteiger charge is 2.08. The molecule has 0 aliphatic rings. The molecule has 102 valence electrons. The molecule has 2 heteroatoms. The van der Waals surface area contributed by atoms with Crippen molar-refractivity contribution in [2.75, 3.05) is 12.4 Å². The summed E-state index contributed by atoms with van der Waals surface area (Å²) in [5.41, 5.74) is 1.34. The van der Waals surface area contributed by atoms with Gasteiger partial charge in [-0.05, 0) is 42.6 Å². The molecule has 0 aliphatic heterocycles. The lowest BCUT2D eigenvalue weighted by atomic mass is 9.98. The Morgan fingerprint density at radius 2 is 1.83 bits per heavy atom. The van der Waals surface area contributed by atoms with Crippen molar-refractivity contribution >= 4 is 12.6 Å². The predicted molar refractivity (Wildman–Crippen MR) is 83.0 cm³/mol. The predicted octanol–water partition coefficient (Wildman–Crippen LogP) is 5.07. The number of ether oxygens (including phenoxy) is 1. The van der Waals surface area contributed by atoms with E-state index in [4.69, 9.17) is 4.74 Å². The van der Waals surface area contributed by atoms with E-state index in [0.717, 1.165) is 31.0 Å². The van der Waals surface area contributed by atoms with Crippen molar-refractivity contribution in [2.45, 2.75) is 51.9 Å². The van der Waals surface area contributed by atoms with Crippen molar-refractivity contribution in [3.05, 3.63) is 29.8 Å². The van der Waals surface area contributed by atoms with E-state index in [1.807, 2.05) is 0 Å². The maximum Gasteiger partial charge on any atom is 0.122 e. The monoisotopic (exact) mass is 266 g/mol. The Bertz CT molecular complexity index is 325. The molecule has 1 rings (SSSR count). The largest absolute Gasteiger partial charge is 0.493 e. The number of unbranched alkanes of at least 4 members (excludes halogenated alkanes) is 3. The second-order valence-corrected chi connectivity index (χ2v) is 5.28. The fourth-order valence-electron chi connectivity index (χ4n) is 1.99. The highest BCUT2D eigenvalue weighted by atomic mass is 32.1. The van der Waals surface area contributed by atoms with E-state index in [1.165, 1.54) is 24.8 Å². The fraction of sp³-hybridized carbons (Fsp3) is 0.625. The second kappa shape index (κ2) is 9.32. The molecule has 0 heterocycles. The number of thiol groups is 1. The van der Waals surface area contributed by atoms with Gasteiger partial charge in [-0.3, -0.25) is 0 Å². The van der Waals surface area contributed by atoms with Gasteiger partial charge in [-0.15, -0.1) is 0 Å². The zero-order chi connectivity index (χ0) is 13.2. The van der Waals surface area contributed by atoms with Crippen LogP contribution in [0.2, 0.25) is 0 Å². The van der Waals surface area contributed by atoms with Gasteiger partial charge in [-0.25, -0.2) is 0 Å². The molecule has 1 aromatic rings. The van der Waals surface area contributed by atoms with Gasteiger partial charge in [0.2, 0.25) is 0 Å². The van der Waals surface area contributed by atoms with Crippen molar-refractivity contribution in [2.24, 2.45) is 0 Å². The summed E-state index contributed by atoms with van der Waals surface area (Å²) in [6.45, 7) is 5.31. The first kappa shape index (κ1) is 15.4. The average Bonchev–Trinajstić information content (AvgIpc) is 2.42. The van der Waals surface area contributed by atoms with Gasteiger partial charge in [0.15, 0.2) is 0 Å². The Morgan fingerprint density at radius 3 is 2.56 bits per heavy atom. The molecular weight excluding hydrogens is 240 g/mol. The third-order valence-electron chi connectivity index (χ3n) is 3.37. The van der Waals surface area contributed by atoms with Gasteiger partial charge in [0.05, 0.1) is 6.61 Å². The van der Waals surface area contributed by atoms with E-state index in [0.29, 0.717) is 5.92 Å². The van der Waals surface area contributed by atoms with Crippen LogP contribution < -0.4 is 4.74 Å². The molecule has 0 aromatic heterocycles. The summed E-state index contributed by atoms with van der Waals surface area (Å²) in [6, 6.07) is 8.43. The lowest BCUT2D eigenvalue weighted by Gasteiger charge is -2.15. The quantitative estimate of drug-likeness (QED) is 0.485. The van der Waals surface area contributed by atoms with Gasteiger partial charge in [-0.2, -0.15) is 12.6 Å². The van der Waals surface area contributed by atoms with E-state index in [-0.39, 0.29) is 0 Å². The van der Waals surface area contributed by atoms with Crippen LogP contribution in [0.3, 0.4) is 0 Å². The SMILES string of the molecule is CCC(C)c1ccccc1OCCCCCCS. The van der Waals surface area contributed by atoms with Gasteiger partial charge in [0, 0.05) is 0 Å². The Balaban J connectivity index is 2.37. The second-order valence-electron chi connectivity index (χ2n) is 4.83. The van der Waals surface area contributed by atoms with Crippen LogP contribution in [0.4, 0.5) is 0 Å². The standard InChI is InChI=1S/C16H26OS/c1-3-14(2)15-10-6-7-11-16(15)17-12-8-4-5-9-13-18/h6-7,10-11,14,18H,3-5,8-9,12-13H2,1-2H3. The number of hydrogen-bond donors (Lipinski definition) is 1. The smallest absolute Gasteiger partial charge is 0.122 e. The summed E-state index contributed by atoms with van der Waals surface area (Å²) >= 11 is 4.22. The zero-order valence-electron chi connectivity index (χ0n) is 11.7. The van der Waals surface area contributed by atoms with Crippen molar-refractivity contribution in [3.8, 4) is 5.75 Å². The molecule has 0 amide bonds. The Kier molecular flexibility index (Phi) is 7.99. The van der Waals surface area contributed by atoms with E-state index < -0.39 is 0 Å². The molecule has 1 atom stereocenters. The molecule has 0 aliphatic carbocycles. The lowest BCUT2D eigenvalue weighted by Crippen LogP contribution is -2.02. The van der Waals surface area contributed by atoms with Crippen molar-refractivity contribution in [3.63, 3.8) is 0 Å². The van der Waals surface area contributed by atoms with Gasteiger partial charge in [0.25, 0.3) is 0 Å². The minimum atomic E-state index is 0.574. The highest BCUT2D eigenvalue weighted by molar-refractivity contribution is 7.80. The lowest BCUT2D eigenvalue weighted by molar-refractivity contribution is 0.300. The maximum absolute atomic E-state index is 5.92. The summed E-state index contributed by atoms with van der Waals surface area (Å²) in [6.07, 6.45) is 6.02. The normalized spacial score (nSPS) is 12.4. The summed E-state index contributed by atoms with van der Waals surface area (Å²) in [5.74, 6) is 2.64.